The van der Waals surface area contributed by atoms with Gasteiger partial charge in [-0.1, -0.05) is 13.8 Å². The van der Waals surface area contributed by atoms with Gasteiger partial charge in [0.05, 0.1) is 6.10 Å². The zero-order chi connectivity index (χ0) is 16.3. The van der Waals surface area contributed by atoms with Gasteiger partial charge in [-0.2, -0.15) is 0 Å². The number of carbonyl (C=O) groups is 2. The van der Waals surface area contributed by atoms with Gasteiger partial charge in [0.1, 0.15) is 6.61 Å². The first-order valence-electron chi connectivity index (χ1n) is 8.22. The number of piperazine rings is 1. The molecule has 6 nitrogen and oxygen atoms in total. The van der Waals surface area contributed by atoms with E-state index in [9.17, 15) is 9.59 Å². The van der Waals surface area contributed by atoms with E-state index in [0.717, 1.165) is 26.1 Å². The molecule has 0 aromatic heterocycles. The molecule has 2 aliphatic rings. The van der Waals surface area contributed by atoms with Gasteiger partial charge in [0.15, 0.2) is 0 Å². The highest BCUT2D eigenvalue weighted by atomic mass is 16.5. The predicted molar refractivity (Wildman–Crippen MR) is 84.4 cm³/mol. The topological polar surface area (TPSA) is 53.1 Å². The lowest BCUT2D eigenvalue weighted by atomic mass is 10.00. The number of likely N-dealkylation sites (tertiary alicyclic amines) is 1. The Hall–Kier alpha value is -1.14. The van der Waals surface area contributed by atoms with E-state index in [0.29, 0.717) is 19.0 Å². The molecule has 2 fully saturated rings. The van der Waals surface area contributed by atoms with E-state index >= 15 is 0 Å². The zero-order valence-electron chi connectivity index (χ0n) is 14.2. The highest BCUT2D eigenvalue weighted by molar-refractivity contribution is 5.78. The van der Waals surface area contributed by atoms with E-state index in [1.165, 1.54) is 0 Å². The number of hydrogen-bond acceptors (Lipinski definition) is 4. The maximum Gasteiger partial charge on any atom is 0.248 e. The maximum absolute atomic E-state index is 12.5. The highest BCUT2D eigenvalue weighted by Gasteiger charge is 2.32. The molecule has 126 valence electrons. The third kappa shape index (κ3) is 4.43. The van der Waals surface area contributed by atoms with Crippen molar-refractivity contribution in [2.24, 2.45) is 5.92 Å². The van der Waals surface area contributed by atoms with Crippen LogP contribution in [-0.2, 0) is 14.3 Å². The summed E-state index contributed by atoms with van der Waals surface area (Å²) in [4.78, 5) is 29.6. The average Bonchev–Trinajstić information content (AvgIpc) is 2.35. The molecule has 0 bridgehead atoms. The molecule has 22 heavy (non-hydrogen) atoms. The van der Waals surface area contributed by atoms with Crippen molar-refractivity contribution < 1.29 is 14.3 Å². The Bertz CT molecular complexity index is 405. The van der Waals surface area contributed by atoms with Crippen molar-refractivity contribution in [3.63, 3.8) is 0 Å². The predicted octanol–water partition coefficient (Wildman–Crippen LogP) is 0.422. The van der Waals surface area contributed by atoms with Gasteiger partial charge in [0.2, 0.25) is 11.8 Å². The molecule has 0 radical (unpaired) electrons. The third-order valence-corrected chi connectivity index (χ3v) is 4.49. The monoisotopic (exact) mass is 311 g/mol. The number of ether oxygens (including phenoxy) is 1. The van der Waals surface area contributed by atoms with Crippen molar-refractivity contribution in [1.29, 1.82) is 0 Å². The van der Waals surface area contributed by atoms with Crippen molar-refractivity contribution in [2.75, 3.05) is 46.4 Å². The van der Waals surface area contributed by atoms with Gasteiger partial charge < -0.3 is 19.4 Å². The lowest BCUT2D eigenvalue weighted by molar-refractivity contribution is -0.152. The van der Waals surface area contributed by atoms with E-state index in [4.69, 9.17) is 4.74 Å². The SMILES string of the molecule is CC(=O)N1CC(OCC(=O)N2CCN(C)CC2CC(C)C)C1. The standard InChI is InChI=1S/C16H29N3O3/c1-12(2)7-14-8-17(4)5-6-19(14)16(21)11-22-15-9-18(10-15)13(3)20/h12,14-15H,5-11H2,1-4H3. The fourth-order valence-electron chi connectivity index (χ4n) is 3.16. The number of rotatable bonds is 5. The summed E-state index contributed by atoms with van der Waals surface area (Å²) in [7, 11) is 2.11. The molecular weight excluding hydrogens is 282 g/mol. The van der Waals surface area contributed by atoms with Crippen molar-refractivity contribution in [1.82, 2.24) is 14.7 Å². The second-order valence-corrected chi connectivity index (χ2v) is 6.99. The minimum Gasteiger partial charge on any atom is -0.365 e. The molecule has 6 heteroatoms. The third-order valence-electron chi connectivity index (χ3n) is 4.49. The largest absolute Gasteiger partial charge is 0.365 e. The fourth-order valence-corrected chi connectivity index (χ4v) is 3.16. The Balaban J connectivity index is 1.78. The van der Waals surface area contributed by atoms with Crippen molar-refractivity contribution in [2.45, 2.75) is 39.3 Å². The summed E-state index contributed by atoms with van der Waals surface area (Å²) in [6, 6.07) is 0.282. The highest BCUT2D eigenvalue weighted by Crippen LogP contribution is 2.18. The van der Waals surface area contributed by atoms with Crippen LogP contribution in [-0.4, -0.2) is 85.0 Å². The van der Waals surface area contributed by atoms with E-state index in [-0.39, 0.29) is 30.6 Å². The van der Waals surface area contributed by atoms with Crippen molar-refractivity contribution in [3.8, 4) is 0 Å². The second-order valence-electron chi connectivity index (χ2n) is 6.99. The van der Waals surface area contributed by atoms with Gasteiger partial charge in [-0.05, 0) is 19.4 Å². The Morgan fingerprint density at radius 1 is 1.18 bits per heavy atom. The smallest absolute Gasteiger partial charge is 0.248 e. The molecule has 0 spiro atoms. The van der Waals surface area contributed by atoms with Crippen LogP contribution >= 0.6 is 0 Å². The van der Waals surface area contributed by atoms with Crippen LogP contribution < -0.4 is 0 Å². The number of amides is 2. The van der Waals surface area contributed by atoms with Crippen LogP contribution in [0.25, 0.3) is 0 Å². The van der Waals surface area contributed by atoms with Gasteiger partial charge in [0, 0.05) is 45.7 Å². The number of carbonyl (C=O) groups excluding carboxylic acids is 2. The molecule has 0 aliphatic carbocycles. The van der Waals surface area contributed by atoms with Crippen LogP contribution in [0.4, 0.5) is 0 Å². The van der Waals surface area contributed by atoms with Gasteiger partial charge in [-0.15, -0.1) is 0 Å². The Kier molecular flexibility index (Phi) is 5.81. The molecular formula is C16H29N3O3. The van der Waals surface area contributed by atoms with Gasteiger partial charge >= 0.3 is 0 Å². The second kappa shape index (κ2) is 7.42. The first-order chi connectivity index (χ1) is 10.4. The number of likely N-dealkylation sites (N-methyl/N-ethyl adjacent to an activating group) is 1. The Labute approximate surface area is 133 Å². The minimum atomic E-state index is 0.0175. The number of nitrogens with zero attached hydrogens (tertiary/aromatic N) is 3. The minimum absolute atomic E-state index is 0.0175. The van der Waals surface area contributed by atoms with Gasteiger partial charge in [-0.3, -0.25) is 9.59 Å². The summed E-state index contributed by atoms with van der Waals surface area (Å²) in [6.07, 6.45) is 1.04. The first kappa shape index (κ1) is 17.2. The van der Waals surface area contributed by atoms with Gasteiger partial charge in [0.25, 0.3) is 0 Å². The summed E-state index contributed by atoms with van der Waals surface area (Å²) < 4.78 is 5.65. The van der Waals surface area contributed by atoms with Crippen LogP contribution in [0.3, 0.4) is 0 Å². The van der Waals surface area contributed by atoms with Crippen LogP contribution in [0.5, 0.6) is 0 Å². The lowest BCUT2D eigenvalue weighted by Crippen LogP contribution is -2.57. The first-order valence-corrected chi connectivity index (χ1v) is 8.22. The molecule has 0 saturated carbocycles. The molecule has 2 amide bonds. The van der Waals surface area contributed by atoms with Crippen LogP contribution in [0.1, 0.15) is 27.2 Å². The Morgan fingerprint density at radius 2 is 1.86 bits per heavy atom. The molecule has 0 aromatic carbocycles. The van der Waals surface area contributed by atoms with Crippen molar-refractivity contribution >= 4 is 11.8 Å². The van der Waals surface area contributed by atoms with Crippen LogP contribution in [0.2, 0.25) is 0 Å². The molecule has 2 aliphatic heterocycles. The summed E-state index contributed by atoms with van der Waals surface area (Å²) in [6.45, 7) is 9.93. The van der Waals surface area contributed by atoms with Crippen LogP contribution in [0.15, 0.2) is 0 Å². The van der Waals surface area contributed by atoms with Gasteiger partial charge in [-0.25, -0.2) is 0 Å². The Morgan fingerprint density at radius 3 is 2.45 bits per heavy atom. The van der Waals surface area contributed by atoms with E-state index < -0.39 is 0 Å². The molecule has 0 aromatic rings. The summed E-state index contributed by atoms with van der Waals surface area (Å²) in [5.41, 5.74) is 0. The summed E-state index contributed by atoms with van der Waals surface area (Å²) in [5, 5.41) is 0. The molecule has 1 atom stereocenters. The van der Waals surface area contributed by atoms with Crippen molar-refractivity contribution in [3.05, 3.63) is 0 Å². The van der Waals surface area contributed by atoms with Crippen LogP contribution in [0, 0.1) is 5.92 Å². The molecule has 2 saturated heterocycles. The number of hydrogen-bond donors (Lipinski definition) is 0. The maximum atomic E-state index is 12.5. The average molecular weight is 311 g/mol. The van der Waals surface area contributed by atoms with E-state index in [1.54, 1.807) is 11.8 Å². The lowest BCUT2D eigenvalue weighted by Gasteiger charge is -2.42. The molecule has 2 rings (SSSR count). The molecule has 1 unspecified atom stereocenters. The molecule has 2 heterocycles. The summed E-state index contributed by atoms with van der Waals surface area (Å²) in [5.74, 6) is 0.728. The van der Waals surface area contributed by atoms with E-state index in [2.05, 4.69) is 25.8 Å². The quantitative estimate of drug-likeness (QED) is 0.738. The molecule has 0 N–H and O–H groups in total. The zero-order valence-corrected chi connectivity index (χ0v) is 14.2. The van der Waals surface area contributed by atoms with E-state index in [1.807, 2.05) is 4.90 Å². The fraction of sp³-hybridized carbons (Fsp3) is 0.875. The summed E-state index contributed by atoms with van der Waals surface area (Å²) >= 11 is 0. The normalized spacial score (nSPS) is 23.8.